The lowest BCUT2D eigenvalue weighted by atomic mass is 10.2. The summed E-state index contributed by atoms with van der Waals surface area (Å²) in [6, 6.07) is 13.4. The highest BCUT2D eigenvalue weighted by Crippen LogP contribution is 2.16. The molecule has 0 aliphatic carbocycles. The van der Waals surface area contributed by atoms with Crippen molar-refractivity contribution in [3.05, 3.63) is 59.1 Å². The zero-order valence-electron chi connectivity index (χ0n) is 14.6. The molecule has 2 aromatic rings. The predicted molar refractivity (Wildman–Crippen MR) is 99.4 cm³/mol. The van der Waals surface area contributed by atoms with Gasteiger partial charge in [0.15, 0.2) is 6.61 Å². The third-order valence-electron chi connectivity index (χ3n) is 3.51. The molecule has 0 saturated carbocycles. The maximum Gasteiger partial charge on any atom is 0.276 e. The van der Waals surface area contributed by atoms with Gasteiger partial charge in [0.25, 0.3) is 11.8 Å². The fraction of sp³-hybridized carbons (Fsp3) is 0.263. The van der Waals surface area contributed by atoms with Crippen molar-refractivity contribution in [1.82, 2.24) is 10.9 Å². The monoisotopic (exact) mass is 376 g/mol. The van der Waals surface area contributed by atoms with Gasteiger partial charge in [-0.15, -0.1) is 0 Å². The molecule has 0 spiro atoms. The smallest absolute Gasteiger partial charge is 0.276 e. The van der Waals surface area contributed by atoms with Crippen LogP contribution in [0.3, 0.4) is 0 Å². The van der Waals surface area contributed by atoms with Crippen LogP contribution in [0, 0.1) is 0 Å². The molecule has 0 radical (unpaired) electrons. The van der Waals surface area contributed by atoms with E-state index in [1.54, 1.807) is 48.5 Å². The molecule has 6 nitrogen and oxygen atoms in total. The molecule has 0 fully saturated rings. The summed E-state index contributed by atoms with van der Waals surface area (Å²) in [5.41, 5.74) is 5.03. The van der Waals surface area contributed by atoms with Crippen LogP contribution in [0.1, 0.15) is 30.6 Å². The Hall–Kier alpha value is -2.73. The van der Waals surface area contributed by atoms with Crippen LogP contribution in [-0.2, 0) is 4.79 Å². The third-order valence-corrected chi connectivity index (χ3v) is 3.76. The van der Waals surface area contributed by atoms with Crippen molar-refractivity contribution in [3.8, 4) is 11.5 Å². The number of hydrazine groups is 1. The van der Waals surface area contributed by atoms with Gasteiger partial charge in [0.2, 0.25) is 0 Å². The Labute approximate surface area is 157 Å². The highest BCUT2D eigenvalue weighted by atomic mass is 35.5. The Bertz CT molecular complexity index is 749. The summed E-state index contributed by atoms with van der Waals surface area (Å²) in [5.74, 6) is 0.176. The summed E-state index contributed by atoms with van der Waals surface area (Å²) in [7, 11) is 0. The molecule has 1 unspecified atom stereocenters. The Kier molecular flexibility index (Phi) is 7.29. The number of carbonyl (C=O) groups excluding carboxylic acids is 2. The van der Waals surface area contributed by atoms with E-state index in [1.165, 1.54) is 0 Å². The van der Waals surface area contributed by atoms with Crippen LogP contribution < -0.4 is 20.3 Å². The van der Waals surface area contributed by atoms with Gasteiger partial charge < -0.3 is 9.47 Å². The Balaban J connectivity index is 1.81. The minimum Gasteiger partial charge on any atom is -0.491 e. The average Bonchev–Trinajstić information content (AvgIpc) is 2.65. The zero-order valence-corrected chi connectivity index (χ0v) is 15.4. The Morgan fingerprint density at radius 3 is 2.50 bits per heavy atom. The average molecular weight is 377 g/mol. The molecule has 7 heteroatoms. The molecule has 2 rings (SSSR count). The number of rotatable bonds is 7. The van der Waals surface area contributed by atoms with Gasteiger partial charge in [-0.3, -0.25) is 20.4 Å². The van der Waals surface area contributed by atoms with Gasteiger partial charge >= 0.3 is 0 Å². The number of halogens is 1. The molecule has 1 atom stereocenters. The SMILES string of the molecule is CCC(C)Oc1cccc(C(=O)NNC(=O)COc2ccc(Cl)cc2)c1. The van der Waals surface area contributed by atoms with Gasteiger partial charge in [-0.1, -0.05) is 24.6 Å². The molecule has 0 bridgehead atoms. The molecule has 26 heavy (non-hydrogen) atoms. The van der Waals surface area contributed by atoms with Crippen LogP contribution in [0.2, 0.25) is 5.02 Å². The number of benzene rings is 2. The third kappa shape index (κ3) is 6.29. The number of nitrogens with one attached hydrogen (secondary N) is 2. The van der Waals surface area contributed by atoms with Crippen LogP contribution >= 0.6 is 11.6 Å². The van der Waals surface area contributed by atoms with E-state index in [-0.39, 0.29) is 12.7 Å². The van der Waals surface area contributed by atoms with E-state index in [0.717, 1.165) is 6.42 Å². The molecular formula is C19H21ClN2O4. The van der Waals surface area contributed by atoms with E-state index < -0.39 is 11.8 Å². The van der Waals surface area contributed by atoms with Gasteiger partial charge in [0, 0.05) is 10.6 Å². The summed E-state index contributed by atoms with van der Waals surface area (Å²) in [6.07, 6.45) is 0.915. The minimum atomic E-state index is -0.486. The van der Waals surface area contributed by atoms with E-state index in [2.05, 4.69) is 10.9 Å². The summed E-state index contributed by atoms with van der Waals surface area (Å²) in [4.78, 5) is 23.9. The summed E-state index contributed by atoms with van der Waals surface area (Å²) in [6.45, 7) is 3.73. The topological polar surface area (TPSA) is 76.7 Å². The second kappa shape index (κ2) is 9.68. The van der Waals surface area contributed by atoms with Crippen molar-refractivity contribution in [3.63, 3.8) is 0 Å². The maximum atomic E-state index is 12.1. The van der Waals surface area contributed by atoms with Crippen molar-refractivity contribution in [1.29, 1.82) is 0 Å². The molecule has 0 saturated heterocycles. The van der Waals surface area contributed by atoms with Gasteiger partial charge in [-0.05, 0) is 55.8 Å². The van der Waals surface area contributed by atoms with Crippen LogP contribution in [0.5, 0.6) is 11.5 Å². The highest BCUT2D eigenvalue weighted by molar-refractivity contribution is 6.30. The van der Waals surface area contributed by atoms with Gasteiger partial charge in [0.1, 0.15) is 11.5 Å². The molecule has 2 amide bonds. The molecule has 2 aromatic carbocycles. The van der Waals surface area contributed by atoms with Gasteiger partial charge in [0.05, 0.1) is 6.10 Å². The van der Waals surface area contributed by atoms with Gasteiger partial charge in [-0.25, -0.2) is 0 Å². The van der Waals surface area contributed by atoms with Crippen LogP contribution in [-0.4, -0.2) is 24.5 Å². The van der Waals surface area contributed by atoms with E-state index in [9.17, 15) is 9.59 Å². The second-order valence-corrected chi connectivity index (χ2v) is 6.05. The molecule has 2 N–H and O–H groups in total. The van der Waals surface area contributed by atoms with Crippen LogP contribution in [0.4, 0.5) is 0 Å². The number of ether oxygens (including phenoxy) is 2. The van der Waals surface area contributed by atoms with E-state index >= 15 is 0 Å². The molecule has 0 aliphatic rings. The first-order valence-electron chi connectivity index (χ1n) is 8.22. The second-order valence-electron chi connectivity index (χ2n) is 5.61. The fourth-order valence-corrected chi connectivity index (χ4v) is 2.07. The standard InChI is InChI=1S/C19H21ClN2O4/c1-3-13(2)26-17-6-4-5-14(11-17)19(24)22-21-18(23)12-25-16-9-7-15(20)8-10-16/h4-11,13H,3,12H2,1-2H3,(H,21,23)(H,22,24). The summed E-state index contributed by atoms with van der Waals surface area (Å²) >= 11 is 5.77. The number of hydrogen-bond donors (Lipinski definition) is 2. The fourth-order valence-electron chi connectivity index (χ4n) is 1.94. The van der Waals surface area contributed by atoms with Crippen molar-refractivity contribution in [2.45, 2.75) is 26.4 Å². The minimum absolute atomic E-state index is 0.0537. The highest BCUT2D eigenvalue weighted by Gasteiger charge is 2.10. The van der Waals surface area contributed by atoms with Crippen molar-refractivity contribution in [2.75, 3.05) is 6.61 Å². The first-order chi connectivity index (χ1) is 12.5. The lowest BCUT2D eigenvalue weighted by Crippen LogP contribution is -2.43. The van der Waals surface area contributed by atoms with E-state index in [4.69, 9.17) is 21.1 Å². The zero-order chi connectivity index (χ0) is 18.9. The lowest BCUT2D eigenvalue weighted by Gasteiger charge is -2.13. The lowest BCUT2D eigenvalue weighted by molar-refractivity contribution is -0.123. The van der Waals surface area contributed by atoms with E-state index in [0.29, 0.717) is 22.1 Å². The van der Waals surface area contributed by atoms with E-state index in [1.807, 2.05) is 13.8 Å². The normalized spacial score (nSPS) is 11.3. The largest absolute Gasteiger partial charge is 0.491 e. The summed E-state index contributed by atoms with van der Waals surface area (Å²) in [5, 5.41) is 0.577. The quantitative estimate of drug-likeness (QED) is 0.726. The predicted octanol–water partition coefficient (Wildman–Crippen LogP) is 3.36. The van der Waals surface area contributed by atoms with Crippen molar-refractivity contribution in [2.24, 2.45) is 0 Å². The molecule has 0 aromatic heterocycles. The molecular weight excluding hydrogens is 356 g/mol. The Morgan fingerprint density at radius 1 is 1.08 bits per heavy atom. The molecule has 0 aliphatic heterocycles. The van der Waals surface area contributed by atoms with Gasteiger partial charge in [-0.2, -0.15) is 0 Å². The Morgan fingerprint density at radius 2 is 1.81 bits per heavy atom. The first kappa shape index (κ1) is 19.6. The van der Waals surface area contributed by atoms with Crippen LogP contribution in [0.25, 0.3) is 0 Å². The maximum absolute atomic E-state index is 12.1. The van der Waals surface area contributed by atoms with Crippen LogP contribution in [0.15, 0.2) is 48.5 Å². The number of hydrogen-bond acceptors (Lipinski definition) is 4. The number of amides is 2. The van der Waals surface area contributed by atoms with Crippen molar-refractivity contribution >= 4 is 23.4 Å². The molecule has 0 heterocycles. The molecule has 138 valence electrons. The number of carbonyl (C=O) groups is 2. The first-order valence-corrected chi connectivity index (χ1v) is 8.60. The summed E-state index contributed by atoms with van der Waals surface area (Å²) < 4.78 is 11.0. The van der Waals surface area contributed by atoms with Crippen molar-refractivity contribution < 1.29 is 19.1 Å².